The highest BCUT2D eigenvalue weighted by Gasteiger charge is 2.24. The zero-order valence-electron chi connectivity index (χ0n) is 14.5. The van der Waals surface area contributed by atoms with Crippen LogP contribution in [0.4, 0.5) is 0 Å². The Kier molecular flexibility index (Phi) is 5.48. The molecule has 130 valence electrons. The van der Waals surface area contributed by atoms with Crippen LogP contribution >= 0.6 is 11.8 Å². The number of aromatic nitrogens is 2. The van der Waals surface area contributed by atoms with Crippen molar-refractivity contribution in [1.29, 1.82) is 0 Å². The van der Waals surface area contributed by atoms with Crippen LogP contribution in [0.15, 0.2) is 29.4 Å². The largest absolute Gasteiger partial charge is 0.497 e. The number of benzene rings is 1. The number of β-amino-alcohol motifs (C(OH)–C–C–N with tert-alkyl or cyclic N) is 1. The van der Waals surface area contributed by atoms with Gasteiger partial charge in [0.05, 0.1) is 18.9 Å². The lowest BCUT2D eigenvalue weighted by Crippen LogP contribution is -2.34. The number of ether oxygens (including phenoxy) is 1. The summed E-state index contributed by atoms with van der Waals surface area (Å²) in [5, 5.41) is 11.6. The highest BCUT2D eigenvalue weighted by molar-refractivity contribution is 7.99. The molecule has 0 radical (unpaired) electrons. The first-order chi connectivity index (χ1) is 11.6. The summed E-state index contributed by atoms with van der Waals surface area (Å²) < 4.78 is 7.39. The van der Waals surface area contributed by atoms with E-state index in [4.69, 9.17) is 9.72 Å². The number of aliphatic hydroxyl groups is 1. The Balaban J connectivity index is 1.65. The van der Waals surface area contributed by atoms with Crippen LogP contribution < -0.4 is 4.74 Å². The van der Waals surface area contributed by atoms with Crippen LogP contribution in [0.25, 0.3) is 0 Å². The topological polar surface area (TPSA) is 50.5 Å². The normalized spacial score (nSPS) is 16.0. The van der Waals surface area contributed by atoms with Crippen LogP contribution in [0.1, 0.15) is 30.0 Å². The van der Waals surface area contributed by atoms with Gasteiger partial charge in [0.2, 0.25) is 0 Å². The number of rotatable bonds is 6. The summed E-state index contributed by atoms with van der Waals surface area (Å²) in [6.07, 6.45) is 0.490. The molecule has 0 amide bonds. The van der Waals surface area contributed by atoms with Gasteiger partial charge in [0.1, 0.15) is 5.75 Å². The lowest BCUT2D eigenvalue weighted by molar-refractivity contribution is 0.104. The predicted octanol–water partition coefficient (Wildman–Crippen LogP) is 2.63. The summed E-state index contributed by atoms with van der Waals surface area (Å²) in [6, 6.07) is 7.63. The average molecular weight is 347 g/mol. The Morgan fingerprint density at radius 2 is 2.08 bits per heavy atom. The summed E-state index contributed by atoms with van der Waals surface area (Å²) in [5.41, 5.74) is 3.41. The number of fused-ring (bicyclic) bond motifs is 1. The standard InChI is InChI=1S/C18H25N3O2S/c1-4-24-18-19-15-11-21(10-9-16(15)20(18)2)12-17(22)13-5-7-14(23-3)8-6-13/h5-8,17,22H,4,9-12H2,1-3H3. The van der Waals surface area contributed by atoms with Crippen LogP contribution in [0.5, 0.6) is 5.75 Å². The van der Waals surface area contributed by atoms with Gasteiger partial charge in [-0.25, -0.2) is 4.98 Å². The molecule has 1 aromatic heterocycles. The van der Waals surface area contributed by atoms with Crippen molar-refractivity contribution < 1.29 is 9.84 Å². The van der Waals surface area contributed by atoms with Crippen LogP contribution in [-0.2, 0) is 20.0 Å². The quantitative estimate of drug-likeness (QED) is 0.814. The molecule has 0 spiro atoms. The van der Waals surface area contributed by atoms with Crippen molar-refractivity contribution in [3.05, 3.63) is 41.2 Å². The van der Waals surface area contributed by atoms with E-state index in [-0.39, 0.29) is 0 Å². The molecule has 0 saturated heterocycles. The summed E-state index contributed by atoms with van der Waals surface area (Å²) in [7, 11) is 3.75. The number of imidazole rings is 1. The smallest absolute Gasteiger partial charge is 0.168 e. The number of hydrogen-bond acceptors (Lipinski definition) is 5. The fourth-order valence-corrected chi connectivity index (χ4v) is 3.88. The molecule has 1 unspecified atom stereocenters. The Hall–Kier alpha value is -1.50. The second-order valence-electron chi connectivity index (χ2n) is 6.05. The highest BCUT2D eigenvalue weighted by atomic mass is 32.2. The summed E-state index contributed by atoms with van der Waals surface area (Å²) in [4.78, 5) is 7.06. The van der Waals surface area contributed by atoms with Crippen molar-refractivity contribution in [3.63, 3.8) is 0 Å². The Morgan fingerprint density at radius 3 is 2.75 bits per heavy atom. The molecule has 1 N–H and O–H groups in total. The predicted molar refractivity (Wildman–Crippen MR) is 96.5 cm³/mol. The van der Waals surface area contributed by atoms with Gasteiger partial charge in [-0.15, -0.1) is 0 Å². The van der Waals surface area contributed by atoms with Crippen molar-refractivity contribution in [2.45, 2.75) is 31.1 Å². The van der Waals surface area contributed by atoms with Gasteiger partial charge in [0.15, 0.2) is 5.16 Å². The van der Waals surface area contributed by atoms with Crippen LogP contribution in [0.2, 0.25) is 0 Å². The molecule has 2 aromatic rings. The third kappa shape index (κ3) is 3.61. The van der Waals surface area contributed by atoms with Crippen molar-refractivity contribution in [2.75, 3.05) is 26.0 Å². The molecule has 5 nitrogen and oxygen atoms in total. The van der Waals surface area contributed by atoms with Gasteiger partial charge in [-0.05, 0) is 23.4 Å². The lowest BCUT2D eigenvalue weighted by atomic mass is 10.1. The summed E-state index contributed by atoms with van der Waals surface area (Å²) in [6.45, 7) is 4.53. The van der Waals surface area contributed by atoms with E-state index in [0.717, 1.165) is 47.4 Å². The number of hydrogen-bond donors (Lipinski definition) is 1. The number of methoxy groups -OCH3 is 1. The third-order valence-corrected chi connectivity index (χ3v) is 5.41. The molecular weight excluding hydrogens is 322 g/mol. The van der Waals surface area contributed by atoms with Gasteiger partial charge in [-0.3, -0.25) is 4.90 Å². The van der Waals surface area contributed by atoms with Crippen molar-refractivity contribution in [3.8, 4) is 5.75 Å². The first-order valence-corrected chi connectivity index (χ1v) is 9.32. The zero-order valence-corrected chi connectivity index (χ0v) is 15.3. The minimum atomic E-state index is -0.495. The number of nitrogens with zero attached hydrogens (tertiary/aromatic N) is 3. The minimum Gasteiger partial charge on any atom is -0.497 e. The van der Waals surface area contributed by atoms with Gasteiger partial charge < -0.3 is 14.4 Å². The van der Waals surface area contributed by atoms with Gasteiger partial charge in [-0.2, -0.15) is 0 Å². The Bertz CT molecular complexity index is 684. The maximum absolute atomic E-state index is 10.5. The molecule has 1 atom stereocenters. The molecule has 3 rings (SSSR count). The summed E-state index contributed by atoms with van der Waals surface area (Å²) in [5.74, 6) is 1.84. The van der Waals surface area contributed by atoms with E-state index in [1.54, 1.807) is 18.9 Å². The number of aliphatic hydroxyl groups excluding tert-OH is 1. The highest BCUT2D eigenvalue weighted by Crippen LogP contribution is 2.26. The fourth-order valence-electron chi connectivity index (χ4n) is 3.15. The SMILES string of the molecule is CCSc1nc2c(n1C)CCN(CC(O)c1ccc(OC)cc1)C2. The van der Waals surface area contributed by atoms with Gasteiger partial charge >= 0.3 is 0 Å². The van der Waals surface area contributed by atoms with Crippen molar-refractivity contribution in [1.82, 2.24) is 14.5 Å². The van der Waals surface area contributed by atoms with Crippen molar-refractivity contribution >= 4 is 11.8 Å². The first kappa shape index (κ1) is 17.3. The first-order valence-electron chi connectivity index (χ1n) is 8.34. The second kappa shape index (κ2) is 7.59. The molecule has 0 fully saturated rings. The minimum absolute atomic E-state index is 0.495. The molecular formula is C18H25N3O2S. The van der Waals surface area contributed by atoms with Gasteiger partial charge in [0, 0.05) is 38.8 Å². The van der Waals surface area contributed by atoms with Crippen LogP contribution in [-0.4, -0.2) is 45.5 Å². The molecule has 0 saturated carbocycles. The average Bonchev–Trinajstić information content (AvgIpc) is 2.91. The molecule has 1 aliphatic heterocycles. The van der Waals surface area contributed by atoms with E-state index < -0.39 is 6.10 Å². The van der Waals surface area contributed by atoms with E-state index in [9.17, 15) is 5.11 Å². The molecule has 2 heterocycles. The molecule has 0 bridgehead atoms. The lowest BCUT2D eigenvalue weighted by Gasteiger charge is -2.28. The van der Waals surface area contributed by atoms with E-state index in [1.807, 2.05) is 24.3 Å². The molecule has 0 aliphatic carbocycles. The fraction of sp³-hybridized carbons (Fsp3) is 0.500. The molecule has 24 heavy (non-hydrogen) atoms. The second-order valence-corrected chi connectivity index (χ2v) is 7.29. The van der Waals surface area contributed by atoms with Gasteiger partial charge in [-0.1, -0.05) is 30.8 Å². The molecule has 1 aliphatic rings. The maximum atomic E-state index is 10.5. The molecule has 6 heteroatoms. The van der Waals surface area contributed by atoms with E-state index in [2.05, 4.69) is 23.4 Å². The Morgan fingerprint density at radius 1 is 1.33 bits per heavy atom. The van der Waals surface area contributed by atoms with E-state index >= 15 is 0 Å². The van der Waals surface area contributed by atoms with Crippen LogP contribution in [0, 0.1) is 0 Å². The summed E-state index contributed by atoms with van der Waals surface area (Å²) >= 11 is 1.78. The van der Waals surface area contributed by atoms with Crippen molar-refractivity contribution in [2.24, 2.45) is 7.05 Å². The third-order valence-electron chi connectivity index (χ3n) is 4.50. The van der Waals surface area contributed by atoms with Crippen LogP contribution in [0.3, 0.4) is 0 Å². The monoisotopic (exact) mass is 347 g/mol. The number of thioether (sulfide) groups is 1. The zero-order chi connectivity index (χ0) is 17.1. The van der Waals surface area contributed by atoms with Gasteiger partial charge in [0.25, 0.3) is 0 Å². The van der Waals surface area contributed by atoms with E-state index in [1.165, 1.54) is 5.69 Å². The Labute approximate surface area is 147 Å². The molecule has 1 aromatic carbocycles. The van der Waals surface area contributed by atoms with E-state index in [0.29, 0.717) is 6.54 Å². The maximum Gasteiger partial charge on any atom is 0.168 e.